The number of anilines is 2. The third-order valence-corrected chi connectivity index (χ3v) is 6.26. The van der Waals surface area contributed by atoms with Crippen molar-refractivity contribution >= 4 is 34.9 Å². The summed E-state index contributed by atoms with van der Waals surface area (Å²) in [5.41, 5.74) is 14.2. The Morgan fingerprint density at radius 2 is 1.89 bits per heavy atom. The Hall–Kier alpha value is -1.95. The molecule has 1 atom stereocenters. The fraction of sp³-hybridized carbons (Fsp3) is 0.600. The Morgan fingerprint density at radius 1 is 1.11 bits per heavy atom. The van der Waals surface area contributed by atoms with E-state index in [1.165, 1.54) is 19.3 Å². The molecule has 7 heteroatoms. The molecular weight excluding hydrogens is 360 g/mol. The van der Waals surface area contributed by atoms with E-state index in [2.05, 4.69) is 27.8 Å². The SMILES string of the molecule is CC1CCCN(c2ccc(Cl)cc2N2C(N)=NC(N)=NC23CCCCC3)C1. The van der Waals surface area contributed by atoms with Crippen molar-refractivity contribution in [3.63, 3.8) is 0 Å². The van der Waals surface area contributed by atoms with Gasteiger partial charge in [-0.15, -0.1) is 0 Å². The molecule has 2 heterocycles. The van der Waals surface area contributed by atoms with Gasteiger partial charge in [0.15, 0.2) is 0 Å². The largest absolute Gasteiger partial charge is 0.370 e. The molecule has 6 nitrogen and oxygen atoms in total. The van der Waals surface area contributed by atoms with Gasteiger partial charge in [-0.1, -0.05) is 24.9 Å². The van der Waals surface area contributed by atoms with E-state index in [-0.39, 0.29) is 5.96 Å². The molecule has 1 unspecified atom stereocenters. The van der Waals surface area contributed by atoms with E-state index < -0.39 is 5.66 Å². The molecular formula is C20H29ClN6. The summed E-state index contributed by atoms with van der Waals surface area (Å²) in [4.78, 5) is 13.7. The van der Waals surface area contributed by atoms with Gasteiger partial charge in [-0.25, -0.2) is 4.99 Å². The Morgan fingerprint density at radius 3 is 2.63 bits per heavy atom. The average Bonchev–Trinajstić information content (AvgIpc) is 2.62. The smallest absolute Gasteiger partial charge is 0.220 e. The minimum Gasteiger partial charge on any atom is -0.370 e. The van der Waals surface area contributed by atoms with Crippen molar-refractivity contribution in [1.29, 1.82) is 0 Å². The Balaban J connectivity index is 1.81. The second-order valence-corrected chi connectivity index (χ2v) is 8.58. The number of hydrogen-bond acceptors (Lipinski definition) is 6. The van der Waals surface area contributed by atoms with Crippen molar-refractivity contribution < 1.29 is 0 Å². The maximum absolute atomic E-state index is 6.44. The van der Waals surface area contributed by atoms with Gasteiger partial charge < -0.3 is 16.4 Å². The second-order valence-electron chi connectivity index (χ2n) is 8.14. The zero-order valence-corrected chi connectivity index (χ0v) is 16.8. The lowest BCUT2D eigenvalue weighted by Crippen LogP contribution is -2.58. The summed E-state index contributed by atoms with van der Waals surface area (Å²) in [5, 5.41) is 0.695. The second kappa shape index (κ2) is 7.23. The van der Waals surface area contributed by atoms with Crippen LogP contribution in [-0.2, 0) is 0 Å². The van der Waals surface area contributed by atoms with Crippen LogP contribution in [0.2, 0.25) is 5.02 Å². The molecule has 2 aliphatic heterocycles. The molecule has 146 valence electrons. The van der Waals surface area contributed by atoms with Crippen molar-refractivity contribution in [2.45, 2.75) is 57.5 Å². The molecule has 1 aromatic rings. The number of nitrogens with two attached hydrogens (primary N) is 2. The van der Waals surface area contributed by atoms with Crippen molar-refractivity contribution in [3.05, 3.63) is 23.2 Å². The van der Waals surface area contributed by atoms with Crippen LogP contribution in [-0.4, -0.2) is 30.7 Å². The summed E-state index contributed by atoms with van der Waals surface area (Å²) in [6, 6.07) is 6.08. The van der Waals surface area contributed by atoms with Gasteiger partial charge in [0.2, 0.25) is 11.9 Å². The van der Waals surface area contributed by atoms with Gasteiger partial charge in [0.1, 0.15) is 5.66 Å². The van der Waals surface area contributed by atoms with Crippen LogP contribution in [0.25, 0.3) is 0 Å². The first-order valence-electron chi connectivity index (χ1n) is 10.0. The summed E-state index contributed by atoms with van der Waals surface area (Å²) >= 11 is 6.42. The summed E-state index contributed by atoms with van der Waals surface area (Å²) in [7, 11) is 0. The van der Waals surface area contributed by atoms with E-state index in [9.17, 15) is 0 Å². The molecule has 4 N–H and O–H groups in total. The van der Waals surface area contributed by atoms with Crippen LogP contribution in [0, 0.1) is 5.92 Å². The highest BCUT2D eigenvalue weighted by atomic mass is 35.5. The van der Waals surface area contributed by atoms with Gasteiger partial charge in [-0.3, -0.25) is 4.90 Å². The molecule has 1 spiro atoms. The van der Waals surface area contributed by atoms with Gasteiger partial charge in [0.05, 0.1) is 11.4 Å². The number of piperidine rings is 1. The summed E-state index contributed by atoms with van der Waals surface area (Å²) in [6.07, 6.45) is 7.75. The number of benzene rings is 1. The van der Waals surface area contributed by atoms with Gasteiger partial charge in [0, 0.05) is 18.1 Å². The minimum absolute atomic E-state index is 0.279. The van der Waals surface area contributed by atoms with E-state index in [0.29, 0.717) is 16.9 Å². The maximum Gasteiger partial charge on any atom is 0.220 e. The number of rotatable bonds is 2. The first-order chi connectivity index (χ1) is 13.0. The lowest BCUT2D eigenvalue weighted by Gasteiger charge is -2.47. The van der Waals surface area contributed by atoms with Crippen LogP contribution in [0.1, 0.15) is 51.9 Å². The highest BCUT2D eigenvalue weighted by Crippen LogP contribution is 2.44. The number of hydrogen-bond donors (Lipinski definition) is 2. The molecule has 27 heavy (non-hydrogen) atoms. The Kier molecular flexibility index (Phi) is 4.93. The lowest BCUT2D eigenvalue weighted by atomic mass is 9.87. The monoisotopic (exact) mass is 388 g/mol. The molecule has 1 aliphatic carbocycles. The number of aliphatic imine (C=N–C) groups is 2. The van der Waals surface area contributed by atoms with Crippen LogP contribution in [0.15, 0.2) is 28.2 Å². The predicted octanol–water partition coefficient (Wildman–Crippen LogP) is 3.69. The molecule has 2 fully saturated rings. The van der Waals surface area contributed by atoms with E-state index in [4.69, 9.17) is 28.1 Å². The normalized spacial score (nSPS) is 25.3. The maximum atomic E-state index is 6.44. The molecule has 0 radical (unpaired) electrons. The lowest BCUT2D eigenvalue weighted by molar-refractivity contribution is 0.305. The van der Waals surface area contributed by atoms with Crippen molar-refractivity contribution in [2.24, 2.45) is 27.4 Å². The molecule has 1 saturated carbocycles. The fourth-order valence-electron chi connectivity index (χ4n) is 4.82. The third kappa shape index (κ3) is 3.47. The van der Waals surface area contributed by atoms with Crippen molar-refractivity contribution in [3.8, 4) is 0 Å². The van der Waals surface area contributed by atoms with Crippen LogP contribution in [0.5, 0.6) is 0 Å². The highest BCUT2D eigenvalue weighted by molar-refractivity contribution is 6.31. The molecule has 0 aromatic heterocycles. The summed E-state index contributed by atoms with van der Waals surface area (Å²) in [5.74, 6) is 1.37. The first-order valence-corrected chi connectivity index (χ1v) is 10.4. The zero-order valence-electron chi connectivity index (χ0n) is 16.0. The Labute approximate surface area is 166 Å². The van der Waals surface area contributed by atoms with Crippen molar-refractivity contribution in [2.75, 3.05) is 22.9 Å². The topological polar surface area (TPSA) is 83.2 Å². The molecule has 3 aliphatic rings. The predicted molar refractivity (Wildman–Crippen MR) is 114 cm³/mol. The molecule has 0 bridgehead atoms. The average molecular weight is 389 g/mol. The number of nitrogens with zero attached hydrogens (tertiary/aromatic N) is 4. The number of halogens is 1. The van der Waals surface area contributed by atoms with E-state index >= 15 is 0 Å². The summed E-state index contributed by atoms with van der Waals surface area (Å²) in [6.45, 7) is 4.40. The van der Waals surface area contributed by atoms with E-state index in [1.807, 2.05) is 12.1 Å². The first kappa shape index (κ1) is 18.4. The van der Waals surface area contributed by atoms with Crippen LogP contribution >= 0.6 is 11.6 Å². The van der Waals surface area contributed by atoms with Gasteiger partial charge in [-0.2, -0.15) is 4.99 Å². The van der Waals surface area contributed by atoms with Crippen LogP contribution < -0.4 is 21.3 Å². The molecule has 1 saturated heterocycles. The van der Waals surface area contributed by atoms with Crippen LogP contribution in [0.4, 0.5) is 11.4 Å². The van der Waals surface area contributed by atoms with Gasteiger partial charge in [-0.05, 0) is 62.6 Å². The fourth-order valence-corrected chi connectivity index (χ4v) is 4.99. The summed E-state index contributed by atoms with van der Waals surface area (Å²) < 4.78 is 0. The van der Waals surface area contributed by atoms with E-state index in [1.54, 1.807) is 0 Å². The molecule has 1 aromatic carbocycles. The van der Waals surface area contributed by atoms with E-state index in [0.717, 1.165) is 50.1 Å². The Bertz CT molecular complexity index is 768. The molecule has 4 rings (SSSR count). The van der Waals surface area contributed by atoms with Gasteiger partial charge in [0.25, 0.3) is 0 Å². The third-order valence-electron chi connectivity index (χ3n) is 6.03. The number of guanidine groups is 2. The molecule has 0 amide bonds. The minimum atomic E-state index is -0.449. The van der Waals surface area contributed by atoms with Gasteiger partial charge >= 0.3 is 0 Å². The van der Waals surface area contributed by atoms with Crippen molar-refractivity contribution in [1.82, 2.24) is 0 Å². The highest BCUT2D eigenvalue weighted by Gasteiger charge is 2.43. The quantitative estimate of drug-likeness (QED) is 0.809. The standard InChI is InChI=1S/C20H29ClN6/c1-14-6-5-11-26(13-14)16-8-7-15(21)12-17(16)27-19(23)24-18(22)25-20(27)9-3-2-4-10-20/h7-8,12,14H,2-6,9-11,13H2,1H3,(H4,22,23,24,25). The van der Waals surface area contributed by atoms with Crippen LogP contribution in [0.3, 0.4) is 0 Å². The zero-order chi connectivity index (χ0) is 19.0.